The maximum absolute atomic E-state index is 8.68. The molecule has 1 aromatic heterocycles. The van der Waals surface area contributed by atoms with Crippen molar-refractivity contribution in [1.29, 1.82) is 5.26 Å². The van der Waals surface area contributed by atoms with Gasteiger partial charge in [0.25, 0.3) is 0 Å². The Bertz CT molecular complexity index is 383. The van der Waals surface area contributed by atoms with Gasteiger partial charge in [-0.05, 0) is 6.07 Å². The Labute approximate surface area is 93.7 Å². The Balaban J connectivity index is 1.86. The Morgan fingerprint density at radius 1 is 1.69 bits per heavy atom. The number of hydrogen-bond acceptors (Lipinski definition) is 6. The lowest BCUT2D eigenvalue weighted by Crippen LogP contribution is -2.45. The fourth-order valence-corrected chi connectivity index (χ4v) is 1.47. The van der Waals surface area contributed by atoms with E-state index in [1.807, 2.05) is 6.07 Å². The molecule has 2 heterocycles. The number of rotatable bonds is 3. The molecule has 6 nitrogen and oxygen atoms in total. The minimum Gasteiger partial charge on any atom is -0.378 e. The number of nitriles is 1. The first kappa shape index (κ1) is 10.8. The molecule has 0 saturated carbocycles. The number of aromatic nitrogens is 2. The fraction of sp³-hybridized carbons (Fsp3) is 0.500. The largest absolute Gasteiger partial charge is 0.378 e. The molecule has 0 aromatic carbocycles. The van der Waals surface area contributed by atoms with Gasteiger partial charge in [0.2, 0.25) is 5.95 Å². The van der Waals surface area contributed by atoms with Gasteiger partial charge < -0.3 is 15.4 Å². The van der Waals surface area contributed by atoms with Gasteiger partial charge in [-0.15, -0.1) is 0 Å². The molecule has 1 atom stereocenters. The zero-order valence-electron chi connectivity index (χ0n) is 8.81. The van der Waals surface area contributed by atoms with Crippen molar-refractivity contribution in [2.75, 3.05) is 31.6 Å². The van der Waals surface area contributed by atoms with E-state index in [2.05, 4.69) is 20.6 Å². The van der Waals surface area contributed by atoms with E-state index in [-0.39, 0.29) is 6.04 Å². The molecular weight excluding hydrogens is 206 g/mol. The van der Waals surface area contributed by atoms with Crippen molar-refractivity contribution in [1.82, 2.24) is 15.3 Å². The highest BCUT2D eigenvalue weighted by atomic mass is 16.5. The molecule has 1 fully saturated rings. The Morgan fingerprint density at radius 3 is 3.38 bits per heavy atom. The third-order valence-electron chi connectivity index (χ3n) is 2.28. The number of ether oxygens (including phenoxy) is 1. The summed E-state index contributed by atoms with van der Waals surface area (Å²) in [6.07, 6.45) is 1.57. The number of nitrogens with one attached hydrogen (secondary N) is 2. The van der Waals surface area contributed by atoms with Gasteiger partial charge in [-0.3, -0.25) is 0 Å². The molecule has 16 heavy (non-hydrogen) atoms. The van der Waals surface area contributed by atoms with Gasteiger partial charge in [-0.25, -0.2) is 9.97 Å². The summed E-state index contributed by atoms with van der Waals surface area (Å²) in [7, 11) is 0. The van der Waals surface area contributed by atoms with E-state index in [1.54, 1.807) is 12.3 Å². The van der Waals surface area contributed by atoms with Crippen LogP contribution in [0.1, 0.15) is 5.69 Å². The monoisotopic (exact) mass is 219 g/mol. The van der Waals surface area contributed by atoms with Crippen LogP contribution in [0.3, 0.4) is 0 Å². The minimum atomic E-state index is 0.267. The van der Waals surface area contributed by atoms with Crippen molar-refractivity contribution in [2.24, 2.45) is 0 Å². The number of anilines is 1. The van der Waals surface area contributed by atoms with Crippen molar-refractivity contribution >= 4 is 5.95 Å². The van der Waals surface area contributed by atoms with Crippen molar-refractivity contribution in [2.45, 2.75) is 6.04 Å². The first-order valence-corrected chi connectivity index (χ1v) is 5.16. The van der Waals surface area contributed by atoms with Crippen molar-refractivity contribution in [3.63, 3.8) is 0 Å². The van der Waals surface area contributed by atoms with Crippen molar-refractivity contribution in [3.05, 3.63) is 18.0 Å². The summed E-state index contributed by atoms with van der Waals surface area (Å²) < 4.78 is 5.32. The molecular formula is C10H13N5O. The molecule has 1 aliphatic rings. The lowest BCUT2D eigenvalue weighted by molar-refractivity contribution is 0.0806. The van der Waals surface area contributed by atoms with Crippen molar-refractivity contribution in [3.8, 4) is 6.07 Å². The third-order valence-corrected chi connectivity index (χ3v) is 2.28. The summed E-state index contributed by atoms with van der Waals surface area (Å²) in [6, 6.07) is 3.82. The van der Waals surface area contributed by atoms with E-state index in [4.69, 9.17) is 10.00 Å². The lowest BCUT2D eigenvalue weighted by atomic mass is 10.3. The van der Waals surface area contributed by atoms with Crippen LogP contribution >= 0.6 is 0 Å². The van der Waals surface area contributed by atoms with Gasteiger partial charge in [-0.1, -0.05) is 0 Å². The van der Waals surface area contributed by atoms with Crippen LogP contribution in [0.15, 0.2) is 12.3 Å². The molecule has 1 unspecified atom stereocenters. The second-order valence-electron chi connectivity index (χ2n) is 3.48. The maximum Gasteiger partial charge on any atom is 0.223 e. The summed E-state index contributed by atoms with van der Waals surface area (Å²) in [5, 5.41) is 15.1. The molecule has 0 radical (unpaired) electrons. The smallest absolute Gasteiger partial charge is 0.223 e. The van der Waals surface area contributed by atoms with Gasteiger partial charge in [0, 0.05) is 25.3 Å². The van der Waals surface area contributed by atoms with E-state index < -0.39 is 0 Å². The molecule has 1 aromatic rings. The lowest BCUT2D eigenvalue weighted by Gasteiger charge is -2.23. The van der Waals surface area contributed by atoms with E-state index in [1.165, 1.54) is 0 Å². The summed E-state index contributed by atoms with van der Waals surface area (Å²) >= 11 is 0. The van der Waals surface area contributed by atoms with Gasteiger partial charge in [0.1, 0.15) is 11.8 Å². The zero-order chi connectivity index (χ0) is 11.2. The zero-order valence-corrected chi connectivity index (χ0v) is 8.81. The summed E-state index contributed by atoms with van der Waals surface area (Å²) in [5.41, 5.74) is 0.366. The highest BCUT2D eigenvalue weighted by Gasteiger charge is 2.12. The van der Waals surface area contributed by atoms with E-state index >= 15 is 0 Å². The molecule has 2 N–H and O–H groups in total. The van der Waals surface area contributed by atoms with Crippen LogP contribution in [-0.4, -0.2) is 42.3 Å². The van der Waals surface area contributed by atoms with Crippen LogP contribution in [0.2, 0.25) is 0 Å². The number of morpholine rings is 1. The molecule has 0 bridgehead atoms. The quantitative estimate of drug-likeness (QED) is 0.729. The van der Waals surface area contributed by atoms with Gasteiger partial charge >= 0.3 is 0 Å². The number of nitrogens with zero attached hydrogens (tertiary/aromatic N) is 3. The Kier molecular flexibility index (Phi) is 3.64. The molecule has 0 spiro atoms. The molecule has 2 rings (SSSR count). The van der Waals surface area contributed by atoms with Crippen LogP contribution in [-0.2, 0) is 4.74 Å². The van der Waals surface area contributed by atoms with Gasteiger partial charge in [0.05, 0.1) is 13.2 Å². The topological polar surface area (TPSA) is 82.9 Å². The maximum atomic E-state index is 8.68. The first-order valence-electron chi connectivity index (χ1n) is 5.16. The van der Waals surface area contributed by atoms with Crippen LogP contribution in [0.25, 0.3) is 0 Å². The normalized spacial score (nSPS) is 20.1. The third kappa shape index (κ3) is 2.89. The standard InChI is InChI=1S/C10H13N5O/c11-5-8-1-2-13-10(15-8)14-6-9-7-16-4-3-12-9/h1-2,9,12H,3-4,6-7H2,(H,13,14,15). The summed E-state index contributed by atoms with van der Waals surface area (Å²) in [6.45, 7) is 3.00. The summed E-state index contributed by atoms with van der Waals surface area (Å²) in [4.78, 5) is 8.05. The molecule has 84 valence electrons. The predicted octanol–water partition coefficient (Wildman–Crippen LogP) is -0.251. The SMILES string of the molecule is N#Cc1ccnc(NCC2COCCN2)n1. The van der Waals surface area contributed by atoms with E-state index in [9.17, 15) is 0 Å². The first-order chi connectivity index (χ1) is 7.88. The summed E-state index contributed by atoms with van der Waals surface area (Å²) in [5.74, 6) is 0.478. The van der Waals surface area contributed by atoms with E-state index in [0.29, 0.717) is 24.8 Å². The molecule has 0 amide bonds. The predicted molar refractivity (Wildman–Crippen MR) is 57.8 cm³/mol. The number of hydrogen-bond donors (Lipinski definition) is 2. The molecule has 1 aliphatic heterocycles. The second kappa shape index (κ2) is 5.39. The average molecular weight is 219 g/mol. The molecule has 0 aliphatic carbocycles. The van der Waals surface area contributed by atoms with Crippen LogP contribution < -0.4 is 10.6 Å². The van der Waals surface area contributed by atoms with Gasteiger partial charge in [-0.2, -0.15) is 5.26 Å². The Morgan fingerprint density at radius 2 is 2.62 bits per heavy atom. The Hall–Kier alpha value is -1.71. The van der Waals surface area contributed by atoms with Crippen LogP contribution in [0.5, 0.6) is 0 Å². The highest BCUT2D eigenvalue weighted by molar-refractivity contribution is 5.30. The molecule has 1 saturated heterocycles. The van der Waals surface area contributed by atoms with Gasteiger partial charge in [0.15, 0.2) is 0 Å². The second-order valence-corrected chi connectivity index (χ2v) is 3.48. The van der Waals surface area contributed by atoms with Crippen LogP contribution in [0.4, 0.5) is 5.95 Å². The molecule has 6 heteroatoms. The fourth-order valence-electron chi connectivity index (χ4n) is 1.47. The average Bonchev–Trinajstić information content (AvgIpc) is 2.38. The highest BCUT2D eigenvalue weighted by Crippen LogP contribution is 2.00. The minimum absolute atomic E-state index is 0.267. The van der Waals surface area contributed by atoms with Crippen LogP contribution in [0, 0.1) is 11.3 Å². The van der Waals surface area contributed by atoms with E-state index in [0.717, 1.165) is 13.2 Å². The van der Waals surface area contributed by atoms with Crippen molar-refractivity contribution < 1.29 is 4.74 Å².